The Morgan fingerprint density at radius 1 is 1.15 bits per heavy atom. The van der Waals surface area contributed by atoms with Gasteiger partial charge in [-0.1, -0.05) is 30.3 Å². The summed E-state index contributed by atoms with van der Waals surface area (Å²) in [7, 11) is -1.50. The Kier molecular flexibility index (Phi) is 4.81. The highest BCUT2D eigenvalue weighted by Crippen LogP contribution is 2.46. The normalized spacial score (nSPS) is 34.4. The molecule has 0 saturated carbocycles. The zero-order chi connectivity index (χ0) is 19.2. The summed E-state index contributed by atoms with van der Waals surface area (Å²) >= 11 is 0. The van der Waals surface area contributed by atoms with Crippen molar-refractivity contribution in [2.24, 2.45) is 0 Å². The van der Waals surface area contributed by atoms with Crippen LogP contribution in [0.5, 0.6) is 0 Å². The summed E-state index contributed by atoms with van der Waals surface area (Å²) in [4.78, 5) is 13.8. The Labute approximate surface area is 161 Å². The minimum absolute atomic E-state index is 0.00545. The third-order valence-corrected chi connectivity index (χ3v) is 8.22. The van der Waals surface area contributed by atoms with Crippen molar-refractivity contribution < 1.29 is 17.9 Å². The van der Waals surface area contributed by atoms with Crippen LogP contribution in [-0.2, 0) is 26.0 Å². The van der Waals surface area contributed by atoms with E-state index >= 15 is 0 Å². The van der Waals surface area contributed by atoms with Gasteiger partial charge in [0.15, 0.2) is 0 Å². The van der Waals surface area contributed by atoms with Crippen molar-refractivity contribution in [1.82, 2.24) is 9.21 Å². The molecule has 3 aliphatic heterocycles. The second-order valence-electron chi connectivity index (χ2n) is 8.31. The van der Waals surface area contributed by atoms with E-state index in [4.69, 9.17) is 4.74 Å². The zero-order valence-corrected chi connectivity index (χ0v) is 16.8. The van der Waals surface area contributed by atoms with Crippen LogP contribution in [0.1, 0.15) is 38.2 Å². The molecule has 27 heavy (non-hydrogen) atoms. The quantitative estimate of drug-likeness (QED) is 0.784. The lowest BCUT2D eigenvalue weighted by Gasteiger charge is -2.50. The van der Waals surface area contributed by atoms with Crippen molar-refractivity contribution in [2.45, 2.75) is 62.8 Å². The second kappa shape index (κ2) is 6.87. The number of rotatable bonds is 4. The molecular weight excluding hydrogens is 364 g/mol. The van der Waals surface area contributed by atoms with Crippen LogP contribution in [-0.4, -0.2) is 66.7 Å². The van der Waals surface area contributed by atoms with Gasteiger partial charge in [0.1, 0.15) is 6.10 Å². The number of hydrogen-bond donors (Lipinski definition) is 0. The van der Waals surface area contributed by atoms with Gasteiger partial charge in [-0.15, -0.1) is 0 Å². The highest BCUT2D eigenvalue weighted by Gasteiger charge is 2.55. The highest BCUT2D eigenvalue weighted by atomic mass is 32.2. The summed E-state index contributed by atoms with van der Waals surface area (Å²) in [6, 6.07) is 9.73. The number of aryl methyl sites for hydroxylation is 1. The van der Waals surface area contributed by atoms with E-state index in [1.165, 1.54) is 0 Å². The summed E-state index contributed by atoms with van der Waals surface area (Å²) in [6.45, 7) is 2.35. The van der Waals surface area contributed by atoms with Crippen molar-refractivity contribution in [3.8, 4) is 0 Å². The van der Waals surface area contributed by atoms with Crippen molar-refractivity contribution in [1.29, 1.82) is 0 Å². The van der Waals surface area contributed by atoms with Gasteiger partial charge in [0, 0.05) is 25.7 Å². The SMILES string of the molecule is CC1OC2(CC3CCC(C2)N3S(=O)(=O)CCc2ccccc2)CN(C)C1=O. The molecule has 0 N–H and O–H groups in total. The number of hydrogen-bond acceptors (Lipinski definition) is 4. The Hall–Kier alpha value is -1.44. The van der Waals surface area contributed by atoms with E-state index in [2.05, 4.69) is 0 Å². The molecule has 148 valence electrons. The number of morpholine rings is 1. The lowest BCUT2D eigenvalue weighted by molar-refractivity contribution is -0.189. The van der Waals surface area contributed by atoms with E-state index in [1.807, 2.05) is 37.4 Å². The lowest BCUT2D eigenvalue weighted by atomic mass is 9.85. The highest BCUT2D eigenvalue weighted by molar-refractivity contribution is 7.89. The molecule has 3 heterocycles. The molecule has 3 aliphatic rings. The predicted octanol–water partition coefficient (Wildman–Crippen LogP) is 1.80. The molecule has 3 fully saturated rings. The summed E-state index contributed by atoms with van der Waals surface area (Å²) in [5.41, 5.74) is 0.644. The number of sulfonamides is 1. The first kappa shape index (κ1) is 18.9. The molecule has 1 aromatic carbocycles. The van der Waals surface area contributed by atoms with E-state index in [9.17, 15) is 13.2 Å². The summed E-state index contributed by atoms with van der Waals surface area (Å²) < 4.78 is 34.1. The number of benzene rings is 1. The third kappa shape index (κ3) is 3.52. The van der Waals surface area contributed by atoms with Gasteiger partial charge in [0.25, 0.3) is 5.91 Å². The molecule has 2 bridgehead atoms. The number of fused-ring (bicyclic) bond motifs is 2. The molecule has 0 radical (unpaired) electrons. The first-order valence-electron chi connectivity index (χ1n) is 9.78. The average molecular weight is 393 g/mol. The standard InChI is InChI=1S/C20H28N2O4S/c1-15-19(23)21(2)14-20(26-15)12-17-8-9-18(13-20)22(17)27(24,25)11-10-16-6-4-3-5-7-16/h3-7,15,17-18H,8-14H2,1-2H3. The summed E-state index contributed by atoms with van der Waals surface area (Å²) in [6.07, 6.45) is 3.20. The number of carbonyl (C=O) groups is 1. The van der Waals surface area contributed by atoms with Crippen LogP contribution in [0.3, 0.4) is 0 Å². The lowest BCUT2D eigenvalue weighted by Crippen LogP contribution is -2.63. The van der Waals surface area contributed by atoms with Gasteiger partial charge in [0.2, 0.25) is 10.0 Å². The fourth-order valence-corrected chi connectivity index (χ4v) is 7.20. The first-order valence-corrected chi connectivity index (χ1v) is 11.4. The van der Waals surface area contributed by atoms with E-state index in [-0.39, 0.29) is 23.7 Å². The van der Waals surface area contributed by atoms with E-state index in [0.717, 1.165) is 18.4 Å². The monoisotopic (exact) mass is 392 g/mol. The van der Waals surface area contributed by atoms with Crippen molar-refractivity contribution >= 4 is 15.9 Å². The maximum absolute atomic E-state index is 13.1. The molecule has 3 unspecified atom stereocenters. The van der Waals surface area contributed by atoms with Gasteiger partial charge >= 0.3 is 0 Å². The van der Waals surface area contributed by atoms with E-state index < -0.39 is 21.7 Å². The molecule has 0 aromatic heterocycles. The number of piperidine rings is 1. The van der Waals surface area contributed by atoms with Crippen LogP contribution in [0, 0.1) is 0 Å². The van der Waals surface area contributed by atoms with Crippen LogP contribution < -0.4 is 0 Å². The molecule has 1 spiro atoms. The van der Waals surface area contributed by atoms with Crippen LogP contribution in [0.15, 0.2) is 30.3 Å². The fourth-order valence-electron chi connectivity index (χ4n) is 5.22. The molecule has 0 aliphatic carbocycles. The predicted molar refractivity (Wildman–Crippen MR) is 103 cm³/mol. The number of amides is 1. The maximum Gasteiger partial charge on any atom is 0.251 e. The second-order valence-corrected chi connectivity index (χ2v) is 10.3. The summed E-state index contributed by atoms with van der Waals surface area (Å²) in [5, 5.41) is 0. The minimum atomic E-state index is -3.31. The van der Waals surface area contributed by atoms with Gasteiger partial charge in [-0.3, -0.25) is 4.79 Å². The molecule has 4 rings (SSSR count). The number of ether oxygens (including phenoxy) is 1. The van der Waals surface area contributed by atoms with Crippen molar-refractivity contribution in [2.75, 3.05) is 19.3 Å². The fraction of sp³-hybridized carbons (Fsp3) is 0.650. The van der Waals surface area contributed by atoms with Gasteiger partial charge in [-0.25, -0.2) is 8.42 Å². The maximum atomic E-state index is 13.1. The number of carbonyl (C=O) groups excluding carboxylic acids is 1. The first-order chi connectivity index (χ1) is 12.8. The Morgan fingerprint density at radius 3 is 2.37 bits per heavy atom. The zero-order valence-electron chi connectivity index (χ0n) is 16.0. The van der Waals surface area contributed by atoms with E-state index in [1.54, 1.807) is 16.1 Å². The van der Waals surface area contributed by atoms with Gasteiger partial charge in [0.05, 0.1) is 11.4 Å². The molecule has 1 amide bonds. The largest absolute Gasteiger partial charge is 0.360 e. The molecular formula is C20H28N2O4S. The van der Waals surface area contributed by atoms with Crippen molar-refractivity contribution in [3.63, 3.8) is 0 Å². The minimum Gasteiger partial charge on any atom is -0.360 e. The topological polar surface area (TPSA) is 66.9 Å². The number of likely N-dealkylation sites (N-methyl/N-ethyl adjacent to an activating group) is 1. The average Bonchev–Trinajstić information content (AvgIpc) is 2.93. The molecule has 3 atom stereocenters. The Morgan fingerprint density at radius 2 is 1.78 bits per heavy atom. The Bertz CT molecular complexity index is 781. The van der Waals surface area contributed by atoms with Crippen LogP contribution in [0.25, 0.3) is 0 Å². The third-order valence-electron chi connectivity index (χ3n) is 6.26. The Balaban J connectivity index is 1.48. The smallest absolute Gasteiger partial charge is 0.251 e. The number of nitrogens with zero attached hydrogens (tertiary/aromatic N) is 2. The van der Waals surface area contributed by atoms with E-state index in [0.29, 0.717) is 25.8 Å². The van der Waals surface area contributed by atoms with Gasteiger partial charge in [-0.2, -0.15) is 4.31 Å². The summed E-state index contributed by atoms with van der Waals surface area (Å²) in [5.74, 6) is 0.151. The van der Waals surface area contributed by atoms with Crippen molar-refractivity contribution in [3.05, 3.63) is 35.9 Å². The molecule has 1 aromatic rings. The molecule has 6 nitrogen and oxygen atoms in total. The van der Waals surface area contributed by atoms with Crippen LogP contribution in [0.4, 0.5) is 0 Å². The van der Waals surface area contributed by atoms with Crippen LogP contribution >= 0.6 is 0 Å². The molecule has 3 saturated heterocycles. The van der Waals surface area contributed by atoms with Crippen LogP contribution in [0.2, 0.25) is 0 Å². The van der Waals surface area contributed by atoms with Gasteiger partial charge in [-0.05, 0) is 44.6 Å². The molecule has 7 heteroatoms. The van der Waals surface area contributed by atoms with Gasteiger partial charge < -0.3 is 9.64 Å².